The molecule has 0 rings (SSSR count). The van der Waals surface area contributed by atoms with Gasteiger partial charge in [-0.25, -0.2) is 0 Å². The average Bonchev–Trinajstić information content (AvgIpc) is 2.16. The third-order valence-electron chi connectivity index (χ3n) is 1.49. The summed E-state index contributed by atoms with van der Waals surface area (Å²) in [5.74, 6) is 0.574. The minimum absolute atomic E-state index is 0.574. The van der Waals surface area contributed by atoms with Gasteiger partial charge in [0.15, 0.2) is 0 Å². The van der Waals surface area contributed by atoms with Gasteiger partial charge in [0.1, 0.15) is 0 Å². The van der Waals surface area contributed by atoms with Crippen molar-refractivity contribution < 1.29 is 9.47 Å². The molecule has 0 unspecified atom stereocenters. The Morgan fingerprint density at radius 1 is 1.08 bits per heavy atom. The van der Waals surface area contributed by atoms with E-state index in [0.717, 1.165) is 39.3 Å². The minimum Gasteiger partial charge on any atom is -0.382 e. The topological polar surface area (TPSA) is 30.5 Å². The summed E-state index contributed by atoms with van der Waals surface area (Å²) in [6.07, 6.45) is 1.06. The predicted octanol–water partition coefficient (Wildman–Crippen LogP) is 1.26. The van der Waals surface area contributed by atoms with Crippen LogP contribution < -0.4 is 5.32 Å². The summed E-state index contributed by atoms with van der Waals surface area (Å²) in [5.41, 5.74) is 0. The van der Waals surface area contributed by atoms with E-state index in [0.29, 0.717) is 12.5 Å². The van der Waals surface area contributed by atoms with Gasteiger partial charge in [-0.3, -0.25) is 0 Å². The largest absolute Gasteiger partial charge is 0.382 e. The van der Waals surface area contributed by atoms with E-state index in [-0.39, 0.29) is 0 Å². The van der Waals surface area contributed by atoms with E-state index in [1.54, 1.807) is 0 Å². The Balaban J connectivity index is 2.76. The van der Waals surface area contributed by atoms with Crippen LogP contribution in [0.15, 0.2) is 0 Å². The van der Waals surface area contributed by atoms with Crippen LogP contribution in [0.2, 0.25) is 0 Å². The SMILES string of the molecule is CCOCCCNCCOCCCl. The van der Waals surface area contributed by atoms with Crippen LogP contribution in [0.5, 0.6) is 0 Å². The van der Waals surface area contributed by atoms with E-state index in [4.69, 9.17) is 21.1 Å². The van der Waals surface area contributed by atoms with Crippen molar-refractivity contribution in [2.24, 2.45) is 0 Å². The van der Waals surface area contributed by atoms with Crippen LogP contribution in [-0.2, 0) is 9.47 Å². The first-order chi connectivity index (χ1) is 6.41. The normalized spacial score (nSPS) is 10.6. The quantitative estimate of drug-likeness (QED) is 0.434. The van der Waals surface area contributed by atoms with E-state index >= 15 is 0 Å². The molecule has 0 bridgehead atoms. The van der Waals surface area contributed by atoms with E-state index in [1.807, 2.05) is 6.92 Å². The molecule has 80 valence electrons. The van der Waals surface area contributed by atoms with Crippen LogP contribution in [-0.4, -0.2) is 45.4 Å². The molecule has 0 aliphatic carbocycles. The second-order valence-corrected chi connectivity index (χ2v) is 2.98. The first-order valence-electron chi connectivity index (χ1n) is 4.84. The number of halogens is 1. The molecule has 0 aliphatic rings. The summed E-state index contributed by atoms with van der Waals surface area (Å²) < 4.78 is 10.4. The minimum atomic E-state index is 0.574. The van der Waals surface area contributed by atoms with E-state index in [1.165, 1.54) is 0 Å². The van der Waals surface area contributed by atoms with Gasteiger partial charge in [-0.15, -0.1) is 11.6 Å². The maximum absolute atomic E-state index is 5.44. The maximum Gasteiger partial charge on any atom is 0.0602 e. The molecule has 4 heteroatoms. The third kappa shape index (κ3) is 12.2. The molecule has 13 heavy (non-hydrogen) atoms. The molecule has 0 aromatic rings. The summed E-state index contributed by atoms with van der Waals surface area (Å²) in [4.78, 5) is 0. The Hall–Kier alpha value is 0.170. The van der Waals surface area contributed by atoms with Crippen molar-refractivity contribution in [3.8, 4) is 0 Å². The predicted molar refractivity (Wildman–Crippen MR) is 55.5 cm³/mol. The zero-order chi connectivity index (χ0) is 9.78. The highest BCUT2D eigenvalue weighted by Gasteiger charge is 1.89. The lowest BCUT2D eigenvalue weighted by molar-refractivity contribution is 0.138. The first-order valence-corrected chi connectivity index (χ1v) is 5.37. The number of hydrogen-bond acceptors (Lipinski definition) is 3. The molecular formula is C9H20ClNO2. The van der Waals surface area contributed by atoms with Crippen molar-refractivity contribution in [2.75, 3.05) is 45.4 Å². The molecule has 1 N–H and O–H groups in total. The van der Waals surface area contributed by atoms with Crippen molar-refractivity contribution >= 4 is 11.6 Å². The second-order valence-electron chi connectivity index (χ2n) is 2.60. The highest BCUT2D eigenvalue weighted by atomic mass is 35.5. The summed E-state index contributed by atoms with van der Waals surface area (Å²) in [6, 6.07) is 0. The van der Waals surface area contributed by atoms with Crippen LogP contribution >= 0.6 is 11.6 Å². The third-order valence-corrected chi connectivity index (χ3v) is 1.65. The lowest BCUT2D eigenvalue weighted by Gasteiger charge is -2.04. The van der Waals surface area contributed by atoms with Crippen molar-refractivity contribution in [3.63, 3.8) is 0 Å². The summed E-state index contributed by atoms with van der Waals surface area (Å²) in [5, 5.41) is 3.26. The lowest BCUT2D eigenvalue weighted by atomic mass is 10.4. The van der Waals surface area contributed by atoms with Gasteiger partial charge in [-0.05, 0) is 19.9 Å². The Labute approximate surface area is 85.7 Å². The van der Waals surface area contributed by atoms with E-state index in [9.17, 15) is 0 Å². The monoisotopic (exact) mass is 209 g/mol. The van der Waals surface area contributed by atoms with E-state index < -0.39 is 0 Å². The molecule has 3 nitrogen and oxygen atoms in total. The molecule has 0 heterocycles. The second kappa shape index (κ2) is 12.2. The zero-order valence-electron chi connectivity index (χ0n) is 8.35. The molecule has 0 aromatic heterocycles. The molecule has 0 radical (unpaired) electrons. The zero-order valence-corrected chi connectivity index (χ0v) is 9.11. The lowest BCUT2D eigenvalue weighted by Crippen LogP contribution is -2.22. The van der Waals surface area contributed by atoms with Gasteiger partial charge in [0.25, 0.3) is 0 Å². The van der Waals surface area contributed by atoms with Crippen LogP contribution in [0.1, 0.15) is 13.3 Å². The van der Waals surface area contributed by atoms with Gasteiger partial charge in [-0.2, -0.15) is 0 Å². The number of hydrogen-bond donors (Lipinski definition) is 1. The highest BCUT2D eigenvalue weighted by molar-refractivity contribution is 6.17. The van der Waals surface area contributed by atoms with E-state index in [2.05, 4.69) is 5.32 Å². The van der Waals surface area contributed by atoms with Gasteiger partial charge in [0.05, 0.1) is 13.2 Å². The molecule has 0 aliphatic heterocycles. The number of rotatable bonds is 10. The smallest absolute Gasteiger partial charge is 0.0602 e. The fraction of sp³-hybridized carbons (Fsp3) is 1.00. The standard InChI is InChI=1S/C9H20ClNO2/c1-2-12-7-3-5-11-6-9-13-8-4-10/h11H,2-9H2,1H3. The van der Waals surface area contributed by atoms with Crippen LogP contribution in [0.4, 0.5) is 0 Å². The number of nitrogens with one attached hydrogen (secondary N) is 1. The van der Waals surface area contributed by atoms with Gasteiger partial charge < -0.3 is 14.8 Å². The highest BCUT2D eigenvalue weighted by Crippen LogP contribution is 1.81. The van der Waals surface area contributed by atoms with Gasteiger partial charge in [0.2, 0.25) is 0 Å². The number of ether oxygens (including phenoxy) is 2. The molecule has 0 saturated heterocycles. The Kier molecular flexibility index (Phi) is 12.3. The van der Waals surface area contributed by atoms with Crippen molar-refractivity contribution in [2.45, 2.75) is 13.3 Å². The van der Waals surface area contributed by atoms with Crippen molar-refractivity contribution in [1.29, 1.82) is 0 Å². The van der Waals surface area contributed by atoms with Crippen molar-refractivity contribution in [3.05, 3.63) is 0 Å². The number of alkyl halides is 1. The van der Waals surface area contributed by atoms with Crippen LogP contribution in [0, 0.1) is 0 Å². The fourth-order valence-corrected chi connectivity index (χ4v) is 0.979. The Morgan fingerprint density at radius 2 is 1.92 bits per heavy atom. The Morgan fingerprint density at radius 3 is 2.62 bits per heavy atom. The molecule has 0 amide bonds. The van der Waals surface area contributed by atoms with Crippen LogP contribution in [0.25, 0.3) is 0 Å². The molecule has 0 aromatic carbocycles. The Bertz CT molecular complexity index is 83.7. The summed E-state index contributed by atoms with van der Waals surface area (Å²) in [6.45, 7) is 6.91. The first kappa shape index (κ1) is 13.2. The van der Waals surface area contributed by atoms with Gasteiger partial charge in [-0.1, -0.05) is 0 Å². The summed E-state index contributed by atoms with van der Waals surface area (Å²) >= 11 is 5.44. The summed E-state index contributed by atoms with van der Waals surface area (Å²) in [7, 11) is 0. The fourth-order valence-electron chi connectivity index (χ4n) is 0.870. The maximum atomic E-state index is 5.44. The molecule has 0 saturated carbocycles. The van der Waals surface area contributed by atoms with Crippen molar-refractivity contribution in [1.82, 2.24) is 5.32 Å². The molecule has 0 fully saturated rings. The molecule has 0 spiro atoms. The van der Waals surface area contributed by atoms with Gasteiger partial charge >= 0.3 is 0 Å². The molecular weight excluding hydrogens is 190 g/mol. The van der Waals surface area contributed by atoms with Crippen LogP contribution in [0.3, 0.4) is 0 Å². The van der Waals surface area contributed by atoms with Gasteiger partial charge in [0, 0.05) is 25.6 Å². The average molecular weight is 210 g/mol. The molecule has 0 atom stereocenters.